The van der Waals surface area contributed by atoms with Crippen molar-refractivity contribution < 1.29 is 24.2 Å². The summed E-state index contributed by atoms with van der Waals surface area (Å²) < 4.78 is 5.67. The molecule has 0 bridgehead atoms. The summed E-state index contributed by atoms with van der Waals surface area (Å²) in [7, 11) is 4.42. The van der Waals surface area contributed by atoms with Crippen LogP contribution in [0, 0.1) is 17.2 Å². The molecule has 0 saturated heterocycles. The van der Waals surface area contributed by atoms with E-state index in [0.717, 1.165) is 12.8 Å². The minimum atomic E-state index is -1.07. The third kappa shape index (κ3) is 6.21. The van der Waals surface area contributed by atoms with Crippen LogP contribution in [0.5, 0.6) is 5.75 Å². The molecule has 0 aliphatic heterocycles. The van der Waals surface area contributed by atoms with Gasteiger partial charge >= 0.3 is 5.97 Å². The Labute approximate surface area is 214 Å². The maximum absolute atomic E-state index is 12.4. The highest BCUT2D eigenvalue weighted by Crippen LogP contribution is 2.40. The Bertz CT molecular complexity index is 1350. The van der Waals surface area contributed by atoms with E-state index >= 15 is 0 Å². The molecular weight excluding hydrogens is 474 g/mol. The van der Waals surface area contributed by atoms with E-state index in [2.05, 4.69) is 33.6 Å². The summed E-state index contributed by atoms with van der Waals surface area (Å²) in [4.78, 5) is 40.1. The first-order chi connectivity index (χ1) is 17.7. The molecule has 37 heavy (non-hydrogen) atoms. The lowest BCUT2D eigenvalue weighted by molar-refractivity contribution is -0.120. The van der Waals surface area contributed by atoms with E-state index < -0.39 is 11.9 Å². The van der Waals surface area contributed by atoms with Crippen LogP contribution in [-0.4, -0.2) is 49.9 Å². The summed E-state index contributed by atoms with van der Waals surface area (Å²) in [5.41, 5.74) is 2.11. The smallest absolute Gasteiger partial charge is 0.335 e. The van der Waals surface area contributed by atoms with Crippen molar-refractivity contribution in [1.82, 2.24) is 10.6 Å². The van der Waals surface area contributed by atoms with Gasteiger partial charge in [-0.3, -0.25) is 14.6 Å². The van der Waals surface area contributed by atoms with E-state index in [1.807, 2.05) is 0 Å². The number of amides is 2. The fourth-order valence-corrected chi connectivity index (χ4v) is 3.54. The lowest BCUT2D eigenvalue weighted by Crippen LogP contribution is -2.31. The molecule has 3 rings (SSSR count). The molecular formula is C27H27N5O5. The van der Waals surface area contributed by atoms with E-state index in [9.17, 15) is 24.8 Å². The predicted octanol–water partition coefficient (Wildman–Crippen LogP) is 3.08. The number of amidine groups is 1. The Morgan fingerprint density at radius 2 is 1.86 bits per heavy atom. The number of anilines is 1. The largest absolute Gasteiger partial charge is 0.494 e. The number of methoxy groups -OCH3 is 1. The van der Waals surface area contributed by atoms with Gasteiger partial charge in [0.15, 0.2) is 5.75 Å². The van der Waals surface area contributed by atoms with Crippen LogP contribution in [0.3, 0.4) is 0 Å². The number of likely N-dealkylation sites (N-methyl/N-ethyl adjacent to an activating group) is 1. The number of carbonyl (C=O) groups excluding carboxylic acids is 2. The van der Waals surface area contributed by atoms with Gasteiger partial charge in [0.1, 0.15) is 5.84 Å². The SMILES string of the molecule is C=C(C(=O)NC)/C(=C\C(=NC)NC(=O)C1CC1)Nc1ccc(C#N)c(-c2ccc(C(=O)O)cc2)c1OC. The van der Waals surface area contributed by atoms with Gasteiger partial charge in [-0.2, -0.15) is 5.26 Å². The Hall–Kier alpha value is -4.91. The van der Waals surface area contributed by atoms with Crippen molar-refractivity contribution in [2.45, 2.75) is 12.8 Å². The molecule has 0 atom stereocenters. The van der Waals surface area contributed by atoms with Crippen molar-refractivity contribution in [2.75, 3.05) is 26.5 Å². The fraction of sp³-hybridized carbons (Fsp3) is 0.222. The van der Waals surface area contributed by atoms with Crippen molar-refractivity contribution in [3.63, 3.8) is 0 Å². The average Bonchev–Trinajstić information content (AvgIpc) is 3.76. The number of benzene rings is 2. The van der Waals surface area contributed by atoms with Gasteiger partial charge in [-0.25, -0.2) is 4.79 Å². The van der Waals surface area contributed by atoms with E-state index in [0.29, 0.717) is 22.4 Å². The van der Waals surface area contributed by atoms with Crippen LogP contribution in [0.25, 0.3) is 11.1 Å². The molecule has 1 fully saturated rings. The molecule has 1 saturated carbocycles. The van der Waals surface area contributed by atoms with Gasteiger partial charge in [0.2, 0.25) is 5.91 Å². The summed E-state index contributed by atoms with van der Waals surface area (Å²) >= 11 is 0. The number of hydrogen-bond acceptors (Lipinski definition) is 7. The minimum absolute atomic E-state index is 0.0441. The summed E-state index contributed by atoms with van der Waals surface area (Å²) in [5, 5.41) is 27.4. The van der Waals surface area contributed by atoms with Crippen LogP contribution in [0.15, 0.2) is 65.3 Å². The lowest BCUT2D eigenvalue weighted by atomic mass is 9.97. The number of carbonyl (C=O) groups is 3. The standard InChI is InChI=1S/C27H27N5O5/c1-15(25(33)30-3)21(13-22(29-2)32-26(34)17-7-8-17)31-20-12-11-19(14-28)23(24(20)37-4)16-5-9-18(10-6-16)27(35)36/h5-6,9-13,17,31H,1,7-8H2,2-4H3,(H,30,33)(H,35,36)(H,29,32,34)/b21-13+. The molecule has 0 radical (unpaired) electrons. The highest BCUT2D eigenvalue weighted by Gasteiger charge is 2.30. The van der Waals surface area contributed by atoms with Gasteiger partial charge in [-0.1, -0.05) is 18.7 Å². The maximum Gasteiger partial charge on any atom is 0.335 e. The predicted molar refractivity (Wildman–Crippen MR) is 139 cm³/mol. The second-order valence-electron chi connectivity index (χ2n) is 8.18. The third-order valence-electron chi connectivity index (χ3n) is 5.72. The molecule has 2 amide bonds. The molecule has 10 nitrogen and oxygen atoms in total. The maximum atomic E-state index is 12.4. The number of aliphatic imine (C=N–C) groups is 1. The van der Waals surface area contributed by atoms with Gasteiger partial charge in [-0.05, 0) is 42.7 Å². The van der Waals surface area contributed by atoms with E-state index in [-0.39, 0.29) is 40.2 Å². The number of carboxylic acid groups (broad SMARTS) is 1. The zero-order valence-corrected chi connectivity index (χ0v) is 20.7. The molecule has 0 aromatic heterocycles. The average molecular weight is 502 g/mol. The van der Waals surface area contributed by atoms with Crippen molar-refractivity contribution in [3.05, 3.63) is 71.5 Å². The first kappa shape index (κ1) is 26.7. The van der Waals surface area contributed by atoms with Crippen LogP contribution < -0.4 is 20.7 Å². The van der Waals surface area contributed by atoms with Gasteiger partial charge in [0, 0.05) is 31.7 Å². The van der Waals surface area contributed by atoms with Crippen LogP contribution >= 0.6 is 0 Å². The molecule has 0 unspecified atom stereocenters. The molecule has 0 heterocycles. The van der Waals surface area contributed by atoms with Crippen LogP contribution in [0.4, 0.5) is 5.69 Å². The molecule has 190 valence electrons. The molecule has 1 aliphatic rings. The summed E-state index contributed by atoms with van der Waals surface area (Å²) in [6.07, 6.45) is 3.14. The molecule has 2 aromatic carbocycles. The number of aromatic carboxylic acids is 1. The Morgan fingerprint density at radius 3 is 2.38 bits per heavy atom. The van der Waals surface area contributed by atoms with Crippen LogP contribution in [0.1, 0.15) is 28.8 Å². The topological polar surface area (TPSA) is 153 Å². The van der Waals surface area contributed by atoms with Crippen molar-refractivity contribution in [2.24, 2.45) is 10.9 Å². The number of ether oxygens (including phenoxy) is 1. The van der Waals surface area contributed by atoms with E-state index in [1.54, 1.807) is 24.3 Å². The van der Waals surface area contributed by atoms with Gasteiger partial charge in [0.25, 0.3) is 5.91 Å². The Balaban J connectivity index is 2.08. The lowest BCUT2D eigenvalue weighted by Gasteiger charge is -2.19. The van der Waals surface area contributed by atoms with Crippen molar-refractivity contribution in [3.8, 4) is 22.9 Å². The second kappa shape index (κ2) is 11.7. The number of carboxylic acids is 1. The third-order valence-corrected chi connectivity index (χ3v) is 5.72. The van der Waals surface area contributed by atoms with Crippen LogP contribution in [0.2, 0.25) is 0 Å². The summed E-state index contributed by atoms with van der Waals surface area (Å²) in [5.74, 6) is -1.20. The molecule has 0 spiro atoms. The van der Waals surface area contributed by atoms with Gasteiger partial charge in [-0.15, -0.1) is 0 Å². The van der Waals surface area contributed by atoms with E-state index in [1.165, 1.54) is 39.4 Å². The fourth-order valence-electron chi connectivity index (χ4n) is 3.54. The van der Waals surface area contributed by atoms with E-state index in [4.69, 9.17) is 4.74 Å². The molecule has 10 heteroatoms. The molecule has 1 aliphatic carbocycles. The highest BCUT2D eigenvalue weighted by molar-refractivity contribution is 6.08. The van der Waals surface area contributed by atoms with Crippen molar-refractivity contribution >= 4 is 29.3 Å². The van der Waals surface area contributed by atoms with Crippen molar-refractivity contribution in [1.29, 1.82) is 5.26 Å². The number of nitriles is 1. The van der Waals surface area contributed by atoms with Crippen LogP contribution in [-0.2, 0) is 9.59 Å². The zero-order chi connectivity index (χ0) is 27.1. The van der Waals surface area contributed by atoms with Gasteiger partial charge < -0.3 is 25.8 Å². The van der Waals surface area contributed by atoms with Gasteiger partial charge in [0.05, 0.1) is 41.3 Å². The first-order valence-corrected chi connectivity index (χ1v) is 11.4. The first-order valence-electron chi connectivity index (χ1n) is 11.4. The minimum Gasteiger partial charge on any atom is -0.494 e. The monoisotopic (exact) mass is 501 g/mol. The molecule has 2 aromatic rings. The Kier molecular flexibility index (Phi) is 8.43. The normalized spacial score (nSPS) is 13.2. The summed E-state index contributed by atoms with van der Waals surface area (Å²) in [6.45, 7) is 3.87. The number of nitrogens with zero attached hydrogens (tertiary/aromatic N) is 2. The Morgan fingerprint density at radius 1 is 1.19 bits per heavy atom. The second-order valence-corrected chi connectivity index (χ2v) is 8.18. The number of nitrogens with one attached hydrogen (secondary N) is 3. The summed E-state index contributed by atoms with van der Waals surface area (Å²) in [6, 6.07) is 11.4. The molecule has 4 N–H and O–H groups in total. The zero-order valence-electron chi connectivity index (χ0n) is 20.7. The highest BCUT2D eigenvalue weighted by atomic mass is 16.5. The number of rotatable bonds is 9. The quantitative estimate of drug-likeness (QED) is 0.178. The number of hydrogen-bond donors (Lipinski definition) is 4.